The first-order valence-corrected chi connectivity index (χ1v) is 9.90. The highest BCUT2D eigenvalue weighted by atomic mass is 32.2. The first kappa shape index (κ1) is 16.4. The van der Waals surface area contributed by atoms with E-state index in [4.69, 9.17) is 17.2 Å². The van der Waals surface area contributed by atoms with Crippen LogP contribution in [0.2, 0.25) is 0 Å². The summed E-state index contributed by atoms with van der Waals surface area (Å²) < 4.78 is 0.584. The van der Waals surface area contributed by atoms with Crippen LogP contribution in [-0.4, -0.2) is 15.2 Å². The molecule has 130 valence electrons. The van der Waals surface area contributed by atoms with Crippen molar-refractivity contribution in [2.24, 2.45) is 0 Å². The molecule has 1 fully saturated rings. The van der Waals surface area contributed by atoms with E-state index in [9.17, 15) is 4.79 Å². The second-order valence-corrected chi connectivity index (χ2v) is 8.07. The van der Waals surface area contributed by atoms with Crippen LogP contribution in [0.25, 0.3) is 21.8 Å². The van der Waals surface area contributed by atoms with E-state index in [1.807, 2.05) is 78.9 Å². The lowest BCUT2D eigenvalue weighted by Gasteiger charge is -2.17. The Morgan fingerprint density at radius 2 is 1.37 bits per heavy atom. The standard InChI is InChI=1S/C22H14N2OS2/c25-21-20(27-22(26)24(21)14-8-2-1-3-9-14)19-15-10-4-6-12-17(15)23-18-13-7-5-11-16(18)19/h1-13,20H. The minimum absolute atomic E-state index is 0.00212. The molecule has 1 unspecified atom stereocenters. The van der Waals surface area contributed by atoms with Crippen molar-refractivity contribution in [2.45, 2.75) is 5.25 Å². The summed E-state index contributed by atoms with van der Waals surface area (Å²) >= 11 is 7.01. The lowest BCUT2D eigenvalue weighted by molar-refractivity contribution is -0.116. The Bertz CT molecular complexity index is 1150. The fraction of sp³-hybridized carbons (Fsp3) is 0.0455. The zero-order valence-electron chi connectivity index (χ0n) is 14.2. The maximum Gasteiger partial charge on any atom is 0.250 e. The second kappa shape index (κ2) is 6.44. The molecule has 1 aliphatic heterocycles. The molecule has 0 bridgehead atoms. The third-order valence-electron chi connectivity index (χ3n) is 4.75. The van der Waals surface area contributed by atoms with E-state index in [1.54, 1.807) is 4.90 Å². The summed E-state index contributed by atoms with van der Waals surface area (Å²) in [6.07, 6.45) is 0. The number of hydrogen-bond donors (Lipinski definition) is 0. The van der Waals surface area contributed by atoms with Gasteiger partial charge in [0.15, 0.2) is 0 Å². The van der Waals surface area contributed by atoms with E-state index in [0.717, 1.165) is 33.1 Å². The molecule has 1 aliphatic rings. The molecular weight excluding hydrogens is 372 g/mol. The Balaban J connectivity index is 1.73. The van der Waals surface area contributed by atoms with Crippen LogP contribution in [0.5, 0.6) is 0 Å². The van der Waals surface area contributed by atoms with Crippen molar-refractivity contribution in [3.63, 3.8) is 0 Å². The van der Waals surface area contributed by atoms with E-state index in [1.165, 1.54) is 11.8 Å². The molecule has 5 heteroatoms. The number of hydrogen-bond acceptors (Lipinski definition) is 4. The molecule has 0 spiro atoms. The lowest BCUT2D eigenvalue weighted by Crippen LogP contribution is -2.29. The minimum Gasteiger partial charge on any atom is -0.272 e. The van der Waals surface area contributed by atoms with Crippen LogP contribution in [0.4, 0.5) is 5.69 Å². The fourth-order valence-electron chi connectivity index (χ4n) is 3.56. The topological polar surface area (TPSA) is 33.2 Å². The predicted octanol–water partition coefficient (Wildman–Crippen LogP) is 5.49. The van der Waals surface area contributed by atoms with Gasteiger partial charge >= 0.3 is 0 Å². The highest BCUT2D eigenvalue weighted by Gasteiger charge is 2.40. The van der Waals surface area contributed by atoms with E-state index in [0.29, 0.717) is 4.32 Å². The quantitative estimate of drug-likeness (QED) is 0.337. The third kappa shape index (κ3) is 2.62. The monoisotopic (exact) mass is 386 g/mol. The number of carbonyl (C=O) groups is 1. The molecule has 3 nitrogen and oxygen atoms in total. The summed E-state index contributed by atoms with van der Waals surface area (Å²) in [5.74, 6) is -0.00212. The molecule has 5 rings (SSSR count). The van der Waals surface area contributed by atoms with E-state index in [2.05, 4.69) is 0 Å². The number of para-hydroxylation sites is 3. The third-order valence-corrected chi connectivity index (χ3v) is 6.28. The zero-order valence-corrected chi connectivity index (χ0v) is 15.8. The van der Waals surface area contributed by atoms with Gasteiger partial charge in [0.05, 0.1) is 16.7 Å². The van der Waals surface area contributed by atoms with E-state index >= 15 is 0 Å². The first-order valence-electron chi connectivity index (χ1n) is 8.61. The fourth-order valence-corrected chi connectivity index (χ4v) is 5.12. The second-order valence-electron chi connectivity index (χ2n) is 6.33. The number of aromatic nitrogens is 1. The average Bonchev–Trinajstić information content (AvgIpc) is 3.00. The molecule has 0 N–H and O–H groups in total. The number of pyridine rings is 1. The normalized spacial score (nSPS) is 17.2. The van der Waals surface area contributed by atoms with Crippen LogP contribution in [0.3, 0.4) is 0 Å². The Kier molecular flexibility index (Phi) is 3.92. The van der Waals surface area contributed by atoms with Gasteiger partial charge in [0.1, 0.15) is 9.57 Å². The Morgan fingerprint density at radius 3 is 2.00 bits per heavy atom. The summed E-state index contributed by atoms with van der Waals surface area (Å²) in [5, 5.41) is 1.62. The van der Waals surface area contributed by atoms with Gasteiger partial charge in [-0.15, -0.1) is 0 Å². The number of fused-ring (bicyclic) bond motifs is 2. The lowest BCUT2D eigenvalue weighted by atomic mass is 9.99. The SMILES string of the molecule is O=C1C(c2c3ccccc3nc3ccccc23)SC(=S)N1c1ccccc1. The summed E-state index contributed by atoms with van der Waals surface area (Å²) in [7, 11) is 0. The van der Waals surface area contributed by atoms with Gasteiger partial charge in [0.2, 0.25) is 0 Å². The molecule has 3 aromatic carbocycles. The van der Waals surface area contributed by atoms with Gasteiger partial charge in [-0.05, 0) is 29.8 Å². The van der Waals surface area contributed by atoms with Gasteiger partial charge < -0.3 is 0 Å². The van der Waals surface area contributed by atoms with Crippen LogP contribution in [0.15, 0.2) is 78.9 Å². The number of rotatable bonds is 2. The molecule has 0 saturated carbocycles. The van der Waals surface area contributed by atoms with Crippen molar-refractivity contribution in [3.8, 4) is 0 Å². The summed E-state index contributed by atoms with van der Waals surface area (Å²) in [6.45, 7) is 0. The predicted molar refractivity (Wildman–Crippen MR) is 116 cm³/mol. The molecule has 2 heterocycles. The molecule has 0 radical (unpaired) electrons. The highest BCUT2D eigenvalue weighted by Crippen LogP contribution is 2.45. The molecule has 27 heavy (non-hydrogen) atoms. The van der Waals surface area contributed by atoms with Crippen molar-refractivity contribution in [1.82, 2.24) is 4.98 Å². The summed E-state index contributed by atoms with van der Waals surface area (Å²) in [4.78, 5) is 19.8. The maximum atomic E-state index is 13.4. The number of nitrogens with zero attached hydrogens (tertiary/aromatic N) is 2. The summed E-state index contributed by atoms with van der Waals surface area (Å²) in [6, 6.07) is 25.5. The number of anilines is 1. The van der Waals surface area contributed by atoms with Gasteiger partial charge in [-0.3, -0.25) is 9.69 Å². The zero-order chi connectivity index (χ0) is 18.4. The van der Waals surface area contributed by atoms with Crippen molar-refractivity contribution in [1.29, 1.82) is 0 Å². The molecule has 1 aromatic heterocycles. The van der Waals surface area contributed by atoms with Crippen molar-refractivity contribution in [2.75, 3.05) is 4.90 Å². The largest absolute Gasteiger partial charge is 0.272 e. The smallest absolute Gasteiger partial charge is 0.250 e. The van der Waals surface area contributed by atoms with Crippen LogP contribution >= 0.6 is 24.0 Å². The Hall–Kier alpha value is -2.76. The van der Waals surface area contributed by atoms with Gasteiger partial charge in [-0.2, -0.15) is 0 Å². The highest BCUT2D eigenvalue weighted by molar-refractivity contribution is 8.24. The van der Waals surface area contributed by atoms with E-state index < -0.39 is 0 Å². The van der Waals surface area contributed by atoms with E-state index in [-0.39, 0.29) is 11.2 Å². The molecule has 4 aromatic rings. The number of thioether (sulfide) groups is 1. The molecule has 0 aliphatic carbocycles. The number of benzene rings is 3. The first-order chi connectivity index (χ1) is 13.2. The molecule has 1 saturated heterocycles. The van der Waals surface area contributed by atoms with Crippen molar-refractivity contribution < 1.29 is 4.79 Å². The van der Waals surface area contributed by atoms with Crippen LogP contribution < -0.4 is 4.90 Å². The average molecular weight is 387 g/mol. The number of amides is 1. The number of thiocarbonyl (C=S) groups is 1. The van der Waals surface area contributed by atoms with Crippen LogP contribution in [-0.2, 0) is 4.79 Å². The van der Waals surface area contributed by atoms with Gasteiger partial charge in [-0.25, -0.2) is 4.98 Å². The van der Waals surface area contributed by atoms with Crippen LogP contribution in [0.1, 0.15) is 10.8 Å². The Labute approximate surface area is 166 Å². The molecule has 1 atom stereocenters. The van der Waals surface area contributed by atoms with Gasteiger partial charge in [0, 0.05) is 10.8 Å². The minimum atomic E-state index is -0.379. The van der Waals surface area contributed by atoms with Crippen molar-refractivity contribution >= 4 is 61.7 Å². The molecular formula is C22H14N2OS2. The maximum absolute atomic E-state index is 13.4. The molecule has 1 amide bonds. The van der Waals surface area contributed by atoms with Crippen LogP contribution in [0, 0.1) is 0 Å². The van der Waals surface area contributed by atoms with Gasteiger partial charge in [-0.1, -0.05) is 78.6 Å². The summed E-state index contributed by atoms with van der Waals surface area (Å²) in [5.41, 5.74) is 3.59. The Morgan fingerprint density at radius 1 is 0.815 bits per heavy atom. The van der Waals surface area contributed by atoms with Crippen molar-refractivity contribution in [3.05, 3.63) is 84.4 Å². The number of carbonyl (C=O) groups excluding carboxylic acids is 1. The van der Waals surface area contributed by atoms with Gasteiger partial charge in [0.25, 0.3) is 5.91 Å².